The Morgan fingerprint density at radius 2 is 1.66 bits per heavy atom. The fourth-order valence-corrected chi connectivity index (χ4v) is 5.38. The summed E-state index contributed by atoms with van der Waals surface area (Å²) >= 11 is 6.36. The molecule has 2 aliphatic rings. The predicted molar refractivity (Wildman–Crippen MR) is 116 cm³/mol. The molecule has 174 valence electrons. The maximum Gasteiger partial charge on any atom is 0.431 e. The molecular weight excluding hydrogens is 443 g/mol. The van der Waals surface area contributed by atoms with Crippen LogP contribution in [0.5, 0.6) is 0 Å². The quantitative estimate of drug-likeness (QED) is 0.706. The maximum atomic E-state index is 13.5. The van der Waals surface area contributed by atoms with E-state index in [-0.39, 0.29) is 17.5 Å². The molecule has 0 aliphatic carbocycles. The number of piperidine rings is 1. The Morgan fingerprint density at radius 1 is 1.06 bits per heavy atom. The molecule has 0 unspecified atom stereocenters. The third-order valence-corrected chi connectivity index (χ3v) is 7.18. The molecule has 3 heterocycles. The Labute approximate surface area is 190 Å². The molecule has 0 radical (unpaired) electrons. The number of likely N-dealkylation sites (N-methyl/N-ethyl adjacent to an activating group) is 1. The second-order valence-corrected chi connectivity index (χ2v) is 9.66. The minimum absolute atomic E-state index is 0.127. The molecule has 0 saturated carbocycles. The molecule has 2 aliphatic heterocycles. The van der Waals surface area contributed by atoms with Gasteiger partial charge in [-0.15, -0.1) is 0 Å². The number of nitrogens with zero attached hydrogens (tertiary/aromatic N) is 3. The molecule has 5 nitrogen and oxygen atoms in total. The van der Waals surface area contributed by atoms with E-state index in [1.54, 1.807) is 43.0 Å². The minimum atomic E-state index is -4.47. The number of hydrogen-bond acceptors (Lipinski definition) is 3. The van der Waals surface area contributed by atoms with Gasteiger partial charge in [-0.05, 0) is 57.5 Å². The second kappa shape index (κ2) is 7.78. The summed E-state index contributed by atoms with van der Waals surface area (Å²) in [5.74, 6) is -0.127. The van der Waals surface area contributed by atoms with Crippen LogP contribution in [0.4, 0.5) is 13.2 Å². The number of carbonyl (C=O) groups excluding carboxylic acids is 1. The van der Waals surface area contributed by atoms with Crippen LogP contribution in [0, 0.1) is 0 Å². The van der Waals surface area contributed by atoms with Gasteiger partial charge >= 0.3 is 6.18 Å². The summed E-state index contributed by atoms with van der Waals surface area (Å²) < 4.78 is 41.9. The van der Waals surface area contributed by atoms with Crippen molar-refractivity contribution in [3.05, 3.63) is 57.9 Å². The molecule has 2 aromatic rings. The van der Waals surface area contributed by atoms with Crippen LogP contribution in [0.15, 0.2) is 30.3 Å². The van der Waals surface area contributed by atoms with Crippen LogP contribution in [0.1, 0.15) is 54.0 Å². The standard InChI is InChI=1S/C23H27ClF3N3O2/c1-21(2,32)16-6-4-15(5-7-16)20(31)29-10-8-22(9-11-29)19-17(24)14-18(23(25,26)27)30(19)13-12-28(22)3/h4-7,14,32H,8-13H2,1-3H3. The molecule has 1 fully saturated rings. The summed E-state index contributed by atoms with van der Waals surface area (Å²) in [5.41, 5.74) is -0.607. The number of amides is 1. The van der Waals surface area contributed by atoms with E-state index in [4.69, 9.17) is 11.6 Å². The topological polar surface area (TPSA) is 48.7 Å². The highest BCUT2D eigenvalue weighted by molar-refractivity contribution is 6.31. The molecule has 0 bridgehead atoms. The van der Waals surface area contributed by atoms with Gasteiger partial charge in [-0.2, -0.15) is 13.2 Å². The highest BCUT2D eigenvalue weighted by Gasteiger charge is 2.49. The first kappa shape index (κ1) is 23.1. The Kier molecular flexibility index (Phi) is 5.63. The van der Waals surface area contributed by atoms with Gasteiger partial charge in [-0.25, -0.2) is 0 Å². The Morgan fingerprint density at radius 3 is 2.19 bits per heavy atom. The summed E-state index contributed by atoms with van der Waals surface area (Å²) in [6, 6.07) is 7.89. The van der Waals surface area contributed by atoms with Crippen molar-refractivity contribution in [3.63, 3.8) is 0 Å². The van der Waals surface area contributed by atoms with Crippen molar-refractivity contribution < 1.29 is 23.1 Å². The van der Waals surface area contributed by atoms with Gasteiger partial charge < -0.3 is 14.6 Å². The minimum Gasteiger partial charge on any atom is -0.386 e. The first-order valence-corrected chi connectivity index (χ1v) is 11.0. The van der Waals surface area contributed by atoms with Crippen molar-refractivity contribution in [3.8, 4) is 0 Å². The SMILES string of the molecule is CN1CCn2c(C(F)(F)F)cc(Cl)c2C12CCN(C(=O)c1ccc(C(C)(C)O)cc1)CC2. The van der Waals surface area contributed by atoms with E-state index in [9.17, 15) is 23.1 Å². The lowest BCUT2D eigenvalue weighted by molar-refractivity contribution is -0.144. The fraction of sp³-hybridized carbons (Fsp3) is 0.522. The Hall–Kier alpha value is -2.03. The van der Waals surface area contributed by atoms with Crippen LogP contribution in [-0.4, -0.2) is 52.1 Å². The van der Waals surface area contributed by atoms with Gasteiger partial charge in [0.05, 0.1) is 21.9 Å². The lowest BCUT2D eigenvalue weighted by Crippen LogP contribution is -2.57. The number of rotatable bonds is 2. The molecule has 1 saturated heterocycles. The third-order valence-electron chi connectivity index (χ3n) is 6.89. The average Bonchev–Trinajstić information content (AvgIpc) is 3.08. The molecule has 4 rings (SSSR count). The van der Waals surface area contributed by atoms with Crippen molar-refractivity contribution in [2.75, 3.05) is 26.7 Å². The zero-order chi connectivity index (χ0) is 23.5. The van der Waals surface area contributed by atoms with Crippen LogP contribution in [0.2, 0.25) is 5.02 Å². The lowest BCUT2D eigenvalue weighted by atomic mass is 9.81. The molecular formula is C23H27ClF3N3O2. The number of hydrogen-bond donors (Lipinski definition) is 1. The number of benzene rings is 1. The molecule has 1 amide bonds. The van der Waals surface area contributed by atoms with Crippen molar-refractivity contribution in [1.29, 1.82) is 0 Å². The van der Waals surface area contributed by atoms with Gasteiger partial charge in [-0.1, -0.05) is 23.7 Å². The fourth-order valence-electron chi connectivity index (χ4n) is 5.00. The number of aromatic nitrogens is 1. The molecule has 32 heavy (non-hydrogen) atoms. The van der Waals surface area contributed by atoms with E-state index in [0.717, 1.165) is 6.07 Å². The summed E-state index contributed by atoms with van der Waals surface area (Å²) in [7, 11) is 1.91. The number of halogens is 4. The van der Waals surface area contributed by atoms with Gasteiger partial charge in [0.1, 0.15) is 5.69 Å². The monoisotopic (exact) mass is 469 g/mol. The molecule has 1 aromatic carbocycles. The van der Waals surface area contributed by atoms with Crippen LogP contribution < -0.4 is 0 Å². The van der Waals surface area contributed by atoms with E-state index in [0.29, 0.717) is 49.3 Å². The highest BCUT2D eigenvalue weighted by atomic mass is 35.5. The molecule has 0 atom stereocenters. The van der Waals surface area contributed by atoms with E-state index >= 15 is 0 Å². The number of alkyl halides is 3. The summed E-state index contributed by atoms with van der Waals surface area (Å²) in [6.07, 6.45) is -3.47. The number of fused-ring (bicyclic) bond motifs is 2. The van der Waals surface area contributed by atoms with Crippen LogP contribution in [0.25, 0.3) is 0 Å². The van der Waals surface area contributed by atoms with Gasteiger partial charge in [0, 0.05) is 31.7 Å². The number of likely N-dealkylation sites (tertiary alicyclic amines) is 1. The Bertz CT molecular complexity index is 1020. The molecule has 1 spiro atoms. The first-order chi connectivity index (χ1) is 14.8. The van der Waals surface area contributed by atoms with Gasteiger partial charge in [0.2, 0.25) is 0 Å². The van der Waals surface area contributed by atoms with Gasteiger partial charge in [0.25, 0.3) is 5.91 Å². The van der Waals surface area contributed by atoms with Gasteiger partial charge in [-0.3, -0.25) is 9.69 Å². The molecule has 9 heteroatoms. The zero-order valence-electron chi connectivity index (χ0n) is 18.3. The average molecular weight is 470 g/mol. The van der Waals surface area contributed by atoms with Crippen LogP contribution in [0.3, 0.4) is 0 Å². The van der Waals surface area contributed by atoms with Gasteiger partial charge in [0.15, 0.2) is 0 Å². The zero-order valence-corrected chi connectivity index (χ0v) is 19.1. The largest absolute Gasteiger partial charge is 0.431 e. The maximum absolute atomic E-state index is 13.5. The van der Waals surface area contributed by atoms with Crippen molar-refractivity contribution in [2.24, 2.45) is 0 Å². The van der Waals surface area contributed by atoms with Crippen molar-refractivity contribution in [1.82, 2.24) is 14.4 Å². The van der Waals surface area contributed by atoms with Crippen LogP contribution >= 0.6 is 11.6 Å². The molecule has 1 N–H and O–H groups in total. The lowest BCUT2D eigenvalue weighted by Gasteiger charge is -2.50. The number of carbonyl (C=O) groups is 1. The highest BCUT2D eigenvalue weighted by Crippen LogP contribution is 2.47. The van der Waals surface area contributed by atoms with Crippen molar-refractivity contribution >= 4 is 17.5 Å². The first-order valence-electron chi connectivity index (χ1n) is 10.6. The molecule has 1 aromatic heterocycles. The Balaban J connectivity index is 1.57. The van der Waals surface area contributed by atoms with Crippen molar-refractivity contribution in [2.45, 2.75) is 50.6 Å². The third kappa shape index (κ3) is 3.82. The summed E-state index contributed by atoms with van der Waals surface area (Å²) in [5, 5.41) is 10.2. The van der Waals surface area contributed by atoms with E-state index in [1.165, 1.54) is 4.57 Å². The van der Waals surface area contributed by atoms with E-state index in [2.05, 4.69) is 4.90 Å². The normalized spacial score (nSPS) is 19.3. The smallest absolute Gasteiger partial charge is 0.386 e. The number of aliphatic hydroxyl groups is 1. The van der Waals surface area contributed by atoms with E-state index in [1.807, 2.05) is 7.05 Å². The van der Waals surface area contributed by atoms with E-state index < -0.39 is 23.0 Å². The summed E-state index contributed by atoms with van der Waals surface area (Å²) in [6.45, 7) is 4.90. The predicted octanol–water partition coefficient (Wildman–Crippen LogP) is 4.46. The van der Waals surface area contributed by atoms with Crippen LogP contribution in [-0.2, 0) is 23.9 Å². The second-order valence-electron chi connectivity index (χ2n) is 9.26. The summed E-state index contributed by atoms with van der Waals surface area (Å²) in [4.78, 5) is 16.8.